The highest BCUT2D eigenvalue weighted by molar-refractivity contribution is 5.90. The van der Waals surface area contributed by atoms with E-state index in [1.807, 2.05) is 0 Å². The lowest BCUT2D eigenvalue weighted by molar-refractivity contribution is 0.0526. The molecule has 21 heavy (non-hydrogen) atoms. The normalized spacial score (nSPS) is 9.95. The topological polar surface area (TPSA) is 88.5 Å². The van der Waals surface area contributed by atoms with Crippen LogP contribution >= 0.6 is 0 Å². The van der Waals surface area contributed by atoms with Crippen LogP contribution in [0.2, 0.25) is 0 Å². The van der Waals surface area contributed by atoms with E-state index in [0.717, 1.165) is 0 Å². The van der Waals surface area contributed by atoms with E-state index in [9.17, 15) is 9.59 Å². The molecule has 0 aliphatic heterocycles. The summed E-state index contributed by atoms with van der Waals surface area (Å²) in [6, 6.07) is 8.16. The summed E-state index contributed by atoms with van der Waals surface area (Å²) >= 11 is 0. The quantitative estimate of drug-likeness (QED) is 0.821. The van der Waals surface area contributed by atoms with Crippen LogP contribution in [0, 0.1) is 0 Å². The molecule has 108 valence electrons. The maximum atomic E-state index is 11.5. The van der Waals surface area contributed by atoms with Crippen LogP contribution in [0.25, 0.3) is 0 Å². The van der Waals surface area contributed by atoms with Crippen molar-refractivity contribution in [3.8, 4) is 0 Å². The highest BCUT2D eigenvalue weighted by Gasteiger charge is 2.07. The number of rotatable bonds is 5. The Morgan fingerprint density at radius 1 is 1.14 bits per heavy atom. The number of carboxylic acid groups (broad SMARTS) is 1. The molecule has 0 spiro atoms. The lowest BCUT2D eigenvalue weighted by Crippen LogP contribution is -2.04. The highest BCUT2D eigenvalue weighted by atomic mass is 16.5. The number of hydrogen-bond acceptors (Lipinski definition) is 5. The number of aromatic carboxylic acids is 1. The molecule has 0 unspecified atom stereocenters. The van der Waals surface area contributed by atoms with Crippen molar-refractivity contribution in [2.75, 3.05) is 11.9 Å². The predicted molar refractivity (Wildman–Crippen MR) is 76.9 cm³/mol. The van der Waals surface area contributed by atoms with Gasteiger partial charge in [-0.15, -0.1) is 0 Å². The number of nitrogens with one attached hydrogen (secondary N) is 1. The van der Waals surface area contributed by atoms with Crippen LogP contribution in [-0.2, 0) is 4.74 Å². The Morgan fingerprint density at radius 2 is 1.86 bits per heavy atom. The Bertz CT molecular complexity index is 653. The molecule has 0 bridgehead atoms. The fourth-order valence-corrected chi connectivity index (χ4v) is 1.70. The number of ether oxygens (including phenoxy) is 1. The van der Waals surface area contributed by atoms with Crippen LogP contribution in [0.15, 0.2) is 42.7 Å². The third-order valence-electron chi connectivity index (χ3n) is 2.67. The number of carboxylic acids is 1. The fraction of sp³-hybridized carbons (Fsp3) is 0.133. The van der Waals surface area contributed by atoms with E-state index in [0.29, 0.717) is 23.5 Å². The molecule has 0 aliphatic rings. The van der Waals surface area contributed by atoms with Gasteiger partial charge in [0.25, 0.3) is 0 Å². The van der Waals surface area contributed by atoms with Gasteiger partial charge in [-0.3, -0.25) is 4.98 Å². The van der Waals surface area contributed by atoms with E-state index in [-0.39, 0.29) is 11.5 Å². The second-order valence-corrected chi connectivity index (χ2v) is 4.19. The first-order valence-corrected chi connectivity index (χ1v) is 6.32. The van der Waals surface area contributed by atoms with Crippen molar-refractivity contribution in [3.05, 3.63) is 53.9 Å². The number of hydrogen-bond donors (Lipinski definition) is 2. The van der Waals surface area contributed by atoms with Gasteiger partial charge in [0, 0.05) is 11.9 Å². The molecule has 0 atom stereocenters. The zero-order chi connectivity index (χ0) is 15.2. The van der Waals surface area contributed by atoms with Gasteiger partial charge in [-0.1, -0.05) is 0 Å². The van der Waals surface area contributed by atoms with Gasteiger partial charge < -0.3 is 15.2 Å². The monoisotopic (exact) mass is 286 g/mol. The summed E-state index contributed by atoms with van der Waals surface area (Å²) < 4.78 is 4.89. The third-order valence-corrected chi connectivity index (χ3v) is 2.67. The Labute approximate surface area is 121 Å². The molecule has 2 rings (SSSR count). The summed E-state index contributed by atoms with van der Waals surface area (Å²) in [5.41, 5.74) is 1.83. The molecule has 0 aliphatic carbocycles. The zero-order valence-electron chi connectivity index (χ0n) is 11.4. The first-order valence-electron chi connectivity index (χ1n) is 6.32. The molecule has 6 nitrogen and oxygen atoms in total. The van der Waals surface area contributed by atoms with Gasteiger partial charge in [0.2, 0.25) is 0 Å². The molecule has 0 fully saturated rings. The fourth-order valence-electron chi connectivity index (χ4n) is 1.70. The maximum Gasteiger partial charge on any atom is 0.338 e. The number of aromatic nitrogens is 1. The Balaban J connectivity index is 2.11. The van der Waals surface area contributed by atoms with Crippen LogP contribution in [0.4, 0.5) is 11.4 Å². The van der Waals surface area contributed by atoms with E-state index in [2.05, 4.69) is 10.3 Å². The minimum atomic E-state index is -1.04. The number of anilines is 2. The molecular formula is C15H14N2O4. The standard InChI is InChI=1S/C15H14N2O4/c1-2-21-15(20)10-3-5-12(6-4-10)17-13-7-11(14(18)19)8-16-9-13/h3-9,17H,2H2,1H3,(H,18,19). The number of nitrogens with zero attached hydrogens (tertiary/aromatic N) is 1. The number of carbonyl (C=O) groups is 2. The molecule has 0 saturated carbocycles. The number of carbonyl (C=O) groups excluding carboxylic acids is 1. The molecule has 1 aromatic heterocycles. The van der Waals surface area contributed by atoms with Crippen molar-refractivity contribution in [1.82, 2.24) is 4.98 Å². The van der Waals surface area contributed by atoms with Crippen molar-refractivity contribution < 1.29 is 19.4 Å². The molecule has 2 aromatic rings. The maximum absolute atomic E-state index is 11.5. The molecule has 1 heterocycles. The van der Waals surface area contributed by atoms with E-state index in [1.165, 1.54) is 18.5 Å². The van der Waals surface area contributed by atoms with Gasteiger partial charge >= 0.3 is 11.9 Å². The minimum Gasteiger partial charge on any atom is -0.478 e. The van der Waals surface area contributed by atoms with Gasteiger partial charge in [-0.05, 0) is 37.3 Å². The average Bonchev–Trinajstić information content (AvgIpc) is 2.48. The number of pyridine rings is 1. The third kappa shape index (κ3) is 3.79. The summed E-state index contributed by atoms with van der Waals surface area (Å²) in [6.07, 6.45) is 2.79. The largest absolute Gasteiger partial charge is 0.478 e. The summed E-state index contributed by atoms with van der Waals surface area (Å²) in [5, 5.41) is 11.9. The SMILES string of the molecule is CCOC(=O)c1ccc(Nc2cncc(C(=O)O)c2)cc1. The predicted octanol–water partition coefficient (Wildman–Crippen LogP) is 2.70. The van der Waals surface area contributed by atoms with Crippen LogP contribution in [0.5, 0.6) is 0 Å². The van der Waals surface area contributed by atoms with Crippen molar-refractivity contribution >= 4 is 23.3 Å². The summed E-state index contributed by atoms with van der Waals surface area (Å²) in [4.78, 5) is 26.2. The van der Waals surface area contributed by atoms with Gasteiger partial charge in [-0.25, -0.2) is 9.59 Å². The lowest BCUT2D eigenvalue weighted by atomic mass is 10.2. The summed E-state index contributed by atoms with van der Waals surface area (Å²) in [6.45, 7) is 2.07. The molecule has 0 amide bonds. The Morgan fingerprint density at radius 3 is 2.48 bits per heavy atom. The smallest absolute Gasteiger partial charge is 0.338 e. The van der Waals surface area contributed by atoms with Crippen molar-refractivity contribution in [2.45, 2.75) is 6.92 Å². The molecule has 0 saturated heterocycles. The minimum absolute atomic E-state index is 0.100. The van der Waals surface area contributed by atoms with Crippen LogP contribution in [0.3, 0.4) is 0 Å². The lowest BCUT2D eigenvalue weighted by Gasteiger charge is -2.07. The molecule has 0 radical (unpaired) electrons. The van der Waals surface area contributed by atoms with Gasteiger partial charge in [0.05, 0.1) is 29.6 Å². The average molecular weight is 286 g/mol. The van der Waals surface area contributed by atoms with E-state index in [1.54, 1.807) is 31.2 Å². The van der Waals surface area contributed by atoms with Crippen LogP contribution < -0.4 is 5.32 Å². The Kier molecular flexibility index (Phi) is 4.50. The van der Waals surface area contributed by atoms with E-state index >= 15 is 0 Å². The van der Waals surface area contributed by atoms with Crippen molar-refractivity contribution in [3.63, 3.8) is 0 Å². The highest BCUT2D eigenvalue weighted by Crippen LogP contribution is 2.17. The molecule has 2 N–H and O–H groups in total. The van der Waals surface area contributed by atoms with Crippen molar-refractivity contribution in [2.24, 2.45) is 0 Å². The number of esters is 1. The summed E-state index contributed by atoms with van der Waals surface area (Å²) in [5.74, 6) is -1.41. The summed E-state index contributed by atoms with van der Waals surface area (Å²) in [7, 11) is 0. The zero-order valence-corrected chi connectivity index (χ0v) is 11.4. The van der Waals surface area contributed by atoms with Gasteiger partial charge in [-0.2, -0.15) is 0 Å². The van der Waals surface area contributed by atoms with E-state index < -0.39 is 5.97 Å². The molecule has 6 heteroatoms. The van der Waals surface area contributed by atoms with Gasteiger partial charge in [0.15, 0.2) is 0 Å². The van der Waals surface area contributed by atoms with Crippen molar-refractivity contribution in [1.29, 1.82) is 0 Å². The second kappa shape index (κ2) is 6.51. The molecular weight excluding hydrogens is 272 g/mol. The second-order valence-electron chi connectivity index (χ2n) is 4.19. The van der Waals surface area contributed by atoms with Crippen LogP contribution in [0.1, 0.15) is 27.6 Å². The van der Waals surface area contributed by atoms with Gasteiger partial charge in [0.1, 0.15) is 0 Å². The first-order chi connectivity index (χ1) is 10.1. The number of benzene rings is 1. The first kappa shape index (κ1) is 14.5. The van der Waals surface area contributed by atoms with E-state index in [4.69, 9.17) is 9.84 Å². The Hall–Kier alpha value is -2.89. The molecule has 1 aromatic carbocycles. The van der Waals surface area contributed by atoms with Crippen LogP contribution in [-0.4, -0.2) is 28.6 Å².